The molecule has 0 unspecified atom stereocenters. The molecule has 0 bridgehead atoms. The fraction of sp³-hybridized carbons (Fsp3) is 0.217. The van der Waals surface area contributed by atoms with Crippen LogP contribution in [0.15, 0.2) is 48.5 Å². The summed E-state index contributed by atoms with van der Waals surface area (Å²) in [7, 11) is 3.27. The predicted molar refractivity (Wildman–Crippen MR) is 115 cm³/mol. The van der Waals surface area contributed by atoms with E-state index >= 15 is 0 Å². The first-order chi connectivity index (χ1) is 14.0. The molecular weight excluding hydrogens is 364 g/mol. The molecule has 1 N–H and O–H groups in total. The summed E-state index contributed by atoms with van der Waals surface area (Å²) in [6, 6.07) is 16.1. The molecule has 29 heavy (non-hydrogen) atoms. The van der Waals surface area contributed by atoms with Crippen LogP contribution in [0.5, 0.6) is 11.5 Å². The maximum Gasteiger partial charge on any atom is 0.165 e. The first kappa shape index (κ1) is 18.8. The minimum Gasteiger partial charge on any atom is -0.493 e. The van der Waals surface area contributed by atoms with Gasteiger partial charge in [-0.2, -0.15) is 9.61 Å². The molecule has 0 fully saturated rings. The molecule has 2 heterocycles. The SMILES string of the molecule is COc1ccc(-c2c(C)nn3c(Nc4ccccc4C)cc(C)nc23)cc1OC. The number of nitrogens with one attached hydrogen (secondary N) is 1. The number of aryl methyl sites for hydroxylation is 3. The number of hydrogen-bond acceptors (Lipinski definition) is 5. The molecule has 0 spiro atoms. The molecule has 2 aromatic carbocycles. The van der Waals surface area contributed by atoms with E-state index < -0.39 is 0 Å². The van der Waals surface area contributed by atoms with Gasteiger partial charge >= 0.3 is 0 Å². The van der Waals surface area contributed by atoms with Crippen molar-refractivity contribution < 1.29 is 9.47 Å². The number of benzene rings is 2. The van der Waals surface area contributed by atoms with Gasteiger partial charge in [0.05, 0.1) is 19.9 Å². The maximum atomic E-state index is 5.48. The summed E-state index contributed by atoms with van der Waals surface area (Å²) >= 11 is 0. The number of ether oxygens (including phenoxy) is 2. The number of rotatable bonds is 5. The molecule has 0 aliphatic heterocycles. The van der Waals surface area contributed by atoms with E-state index in [1.54, 1.807) is 14.2 Å². The Morgan fingerprint density at radius 2 is 1.66 bits per heavy atom. The zero-order chi connectivity index (χ0) is 20.5. The van der Waals surface area contributed by atoms with Crippen molar-refractivity contribution in [2.45, 2.75) is 20.8 Å². The largest absolute Gasteiger partial charge is 0.493 e. The molecule has 0 aliphatic carbocycles. The third kappa shape index (κ3) is 3.38. The van der Waals surface area contributed by atoms with Crippen molar-refractivity contribution in [3.63, 3.8) is 0 Å². The Bertz CT molecular complexity index is 1200. The molecule has 0 radical (unpaired) electrons. The van der Waals surface area contributed by atoms with Gasteiger partial charge in [0.1, 0.15) is 5.82 Å². The fourth-order valence-corrected chi connectivity index (χ4v) is 3.51. The van der Waals surface area contributed by atoms with Crippen LogP contribution in [0.1, 0.15) is 17.0 Å². The molecular formula is C23H24N4O2. The average Bonchev–Trinajstić information content (AvgIpc) is 3.05. The maximum absolute atomic E-state index is 5.48. The number of methoxy groups -OCH3 is 2. The van der Waals surface area contributed by atoms with Gasteiger partial charge in [0.2, 0.25) is 0 Å². The van der Waals surface area contributed by atoms with Crippen LogP contribution in [-0.4, -0.2) is 28.8 Å². The second kappa shape index (κ2) is 7.47. The molecule has 0 amide bonds. The zero-order valence-corrected chi connectivity index (χ0v) is 17.3. The van der Waals surface area contributed by atoms with E-state index in [0.717, 1.165) is 39.7 Å². The molecule has 0 atom stereocenters. The van der Waals surface area contributed by atoms with Crippen molar-refractivity contribution in [3.8, 4) is 22.6 Å². The van der Waals surface area contributed by atoms with Gasteiger partial charge in [-0.3, -0.25) is 0 Å². The Morgan fingerprint density at radius 3 is 2.38 bits per heavy atom. The highest BCUT2D eigenvalue weighted by atomic mass is 16.5. The Balaban J connectivity index is 1.89. The van der Waals surface area contributed by atoms with Crippen LogP contribution < -0.4 is 14.8 Å². The van der Waals surface area contributed by atoms with Crippen LogP contribution in [0.4, 0.5) is 11.5 Å². The average molecular weight is 388 g/mol. The monoisotopic (exact) mass is 388 g/mol. The molecule has 4 rings (SSSR count). The molecule has 0 saturated heterocycles. The van der Waals surface area contributed by atoms with Crippen molar-refractivity contribution in [3.05, 3.63) is 65.5 Å². The van der Waals surface area contributed by atoms with Gasteiger partial charge in [-0.05, 0) is 50.1 Å². The van der Waals surface area contributed by atoms with E-state index in [2.05, 4.69) is 24.4 Å². The summed E-state index contributed by atoms with van der Waals surface area (Å²) in [4.78, 5) is 4.78. The highest BCUT2D eigenvalue weighted by Crippen LogP contribution is 2.36. The van der Waals surface area contributed by atoms with Gasteiger partial charge in [-0.1, -0.05) is 24.3 Å². The Hall–Kier alpha value is -3.54. The number of hydrogen-bond donors (Lipinski definition) is 1. The van der Waals surface area contributed by atoms with Gasteiger partial charge in [0.15, 0.2) is 17.1 Å². The normalized spacial score (nSPS) is 10.9. The smallest absolute Gasteiger partial charge is 0.165 e. The van der Waals surface area contributed by atoms with Crippen LogP contribution in [0.3, 0.4) is 0 Å². The standard InChI is InChI=1S/C23H24N4O2/c1-14-8-6-7-9-18(14)25-21-12-15(2)24-23-22(16(3)26-27(21)23)17-10-11-19(28-4)20(13-17)29-5/h6-13,25H,1-5H3. The molecule has 4 aromatic rings. The van der Waals surface area contributed by atoms with Crippen molar-refractivity contribution in [1.29, 1.82) is 0 Å². The highest BCUT2D eigenvalue weighted by Gasteiger charge is 2.18. The van der Waals surface area contributed by atoms with E-state index in [1.165, 1.54) is 5.56 Å². The van der Waals surface area contributed by atoms with Crippen LogP contribution in [0, 0.1) is 20.8 Å². The number of fused-ring (bicyclic) bond motifs is 1. The van der Waals surface area contributed by atoms with E-state index in [1.807, 2.05) is 54.8 Å². The lowest BCUT2D eigenvalue weighted by Gasteiger charge is -2.12. The van der Waals surface area contributed by atoms with Gasteiger partial charge in [0.25, 0.3) is 0 Å². The van der Waals surface area contributed by atoms with Crippen LogP contribution >= 0.6 is 0 Å². The third-order valence-corrected chi connectivity index (χ3v) is 4.97. The number of para-hydroxylation sites is 1. The quantitative estimate of drug-likeness (QED) is 0.516. The first-order valence-electron chi connectivity index (χ1n) is 9.44. The van der Waals surface area contributed by atoms with Crippen LogP contribution in [-0.2, 0) is 0 Å². The van der Waals surface area contributed by atoms with Crippen LogP contribution in [0.2, 0.25) is 0 Å². The summed E-state index contributed by atoms with van der Waals surface area (Å²) < 4.78 is 12.7. The molecule has 6 nitrogen and oxygen atoms in total. The second-order valence-corrected chi connectivity index (χ2v) is 6.99. The van der Waals surface area contributed by atoms with E-state index in [0.29, 0.717) is 11.5 Å². The van der Waals surface area contributed by atoms with Gasteiger partial charge < -0.3 is 14.8 Å². The summed E-state index contributed by atoms with van der Waals surface area (Å²) in [6.07, 6.45) is 0. The predicted octanol–water partition coefficient (Wildman–Crippen LogP) is 5.08. The molecule has 0 aliphatic rings. The molecule has 6 heteroatoms. The minimum absolute atomic E-state index is 0.676. The lowest BCUT2D eigenvalue weighted by molar-refractivity contribution is 0.355. The molecule has 2 aromatic heterocycles. The zero-order valence-electron chi connectivity index (χ0n) is 17.3. The molecule has 0 saturated carbocycles. The number of aromatic nitrogens is 3. The van der Waals surface area contributed by atoms with Gasteiger partial charge in [0, 0.05) is 23.0 Å². The minimum atomic E-state index is 0.676. The topological polar surface area (TPSA) is 60.7 Å². The number of nitrogens with zero attached hydrogens (tertiary/aromatic N) is 3. The lowest BCUT2D eigenvalue weighted by atomic mass is 10.1. The van der Waals surface area contributed by atoms with E-state index in [4.69, 9.17) is 19.6 Å². The summed E-state index contributed by atoms with van der Waals surface area (Å²) in [6.45, 7) is 6.06. The summed E-state index contributed by atoms with van der Waals surface area (Å²) in [5.41, 5.74) is 6.76. The Morgan fingerprint density at radius 1 is 0.897 bits per heavy atom. The Kier molecular flexibility index (Phi) is 4.84. The van der Waals surface area contributed by atoms with Crippen molar-refractivity contribution in [1.82, 2.24) is 14.6 Å². The second-order valence-electron chi connectivity index (χ2n) is 6.99. The Labute approximate surface area is 170 Å². The van der Waals surface area contributed by atoms with Crippen LogP contribution in [0.25, 0.3) is 16.8 Å². The van der Waals surface area contributed by atoms with E-state index in [-0.39, 0.29) is 0 Å². The number of anilines is 2. The third-order valence-electron chi connectivity index (χ3n) is 4.97. The van der Waals surface area contributed by atoms with Gasteiger partial charge in [-0.15, -0.1) is 0 Å². The summed E-state index contributed by atoms with van der Waals surface area (Å²) in [5, 5.41) is 8.28. The molecule has 148 valence electrons. The van der Waals surface area contributed by atoms with Crippen molar-refractivity contribution in [2.24, 2.45) is 0 Å². The van der Waals surface area contributed by atoms with Crippen molar-refractivity contribution >= 4 is 17.2 Å². The van der Waals surface area contributed by atoms with E-state index in [9.17, 15) is 0 Å². The lowest BCUT2D eigenvalue weighted by Crippen LogP contribution is -2.03. The fourth-order valence-electron chi connectivity index (χ4n) is 3.51. The van der Waals surface area contributed by atoms with Crippen molar-refractivity contribution in [2.75, 3.05) is 19.5 Å². The highest BCUT2D eigenvalue weighted by molar-refractivity contribution is 5.82. The van der Waals surface area contributed by atoms with Gasteiger partial charge in [-0.25, -0.2) is 4.98 Å². The summed E-state index contributed by atoms with van der Waals surface area (Å²) in [5.74, 6) is 2.24. The first-order valence-corrected chi connectivity index (χ1v) is 9.44.